The van der Waals surface area contributed by atoms with Gasteiger partial charge >= 0.3 is 0 Å². The summed E-state index contributed by atoms with van der Waals surface area (Å²) in [7, 11) is -1.19. The van der Waals surface area contributed by atoms with Gasteiger partial charge in [-0.3, -0.25) is 9.00 Å². The van der Waals surface area contributed by atoms with E-state index in [9.17, 15) is 9.00 Å². The fourth-order valence-electron chi connectivity index (χ4n) is 3.05. The average molecular weight is 348 g/mol. The highest BCUT2D eigenvalue weighted by Crippen LogP contribution is 2.34. The Labute approximate surface area is 143 Å². The van der Waals surface area contributed by atoms with Crippen molar-refractivity contribution in [2.45, 2.75) is 31.1 Å². The molecule has 0 spiro atoms. The standard InChI is InChI=1S/C18H21NO2S2/c1-14(15-7-3-2-4-8-15)23(21)13-18(20)19-11-5-9-16(19)17-10-6-12-22-17/h2-4,6-8,10,12,14,16H,5,9,11,13H2,1H3. The molecule has 2 heterocycles. The molecule has 3 nitrogen and oxygen atoms in total. The van der Waals surface area contributed by atoms with Gasteiger partial charge in [-0.2, -0.15) is 0 Å². The second kappa shape index (κ2) is 7.41. The first-order valence-corrected chi connectivity index (χ1v) is 10.2. The highest BCUT2D eigenvalue weighted by Gasteiger charge is 2.31. The van der Waals surface area contributed by atoms with Crippen molar-refractivity contribution >= 4 is 28.0 Å². The van der Waals surface area contributed by atoms with Crippen molar-refractivity contribution in [1.29, 1.82) is 0 Å². The van der Waals surface area contributed by atoms with Crippen LogP contribution in [0.5, 0.6) is 0 Å². The number of hydrogen-bond donors (Lipinski definition) is 0. The van der Waals surface area contributed by atoms with Crippen LogP contribution in [0, 0.1) is 0 Å². The van der Waals surface area contributed by atoms with Gasteiger partial charge in [-0.15, -0.1) is 11.3 Å². The van der Waals surface area contributed by atoms with E-state index in [1.165, 1.54) is 4.88 Å². The summed E-state index contributed by atoms with van der Waals surface area (Å²) in [4.78, 5) is 15.8. The summed E-state index contributed by atoms with van der Waals surface area (Å²) < 4.78 is 12.6. The molecule has 0 N–H and O–H groups in total. The zero-order valence-corrected chi connectivity index (χ0v) is 14.8. The molecule has 0 saturated carbocycles. The normalized spacial score (nSPS) is 20.4. The van der Waals surface area contributed by atoms with Crippen LogP contribution in [0.25, 0.3) is 0 Å². The first-order valence-electron chi connectivity index (χ1n) is 7.92. The lowest BCUT2D eigenvalue weighted by atomic mass is 10.2. The van der Waals surface area contributed by atoms with E-state index < -0.39 is 10.8 Å². The molecule has 1 aliphatic heterocycles. The van der Waals surface area contributed by atoms with Gasteiger partial charge in [-0.25, -0.2) is 0 Å². The van der Waals surface area contributed by atoms with Crippen LogP contribution in [-0.2, 0) is 15.6 Å². The molecule has 3 unspecified atom stereocenters. The summed E-state index contributed by atoms with van der Waals surface area (Å²) >= 11 is 1.69. The number of rotatable bonds is 5. The Morgan fingerprint density at radius 1 is 1.30 bits per heavy atom. The van der Waals surface area contributed by atoms with Crippen molar-refractivity contribution in [1.82, 2.24) is 4.90 Å². The summed E-state index contributed by atoms with van der Waals surface area (Å²) in [5, 5.41) is 1.93. The molecule has 1 aromatic carbocycles. The van der Waals surface area contributed by atoms with Crippen molar-refractivity contribution in [3.05, 3.63) is 58.3 Å². The van der Waals surface area contributed by atoms with Gasteiger partial charge in [0, 0.05) is 22.2 Å². The van der Waals surface area contributed by atoms with Gasteiger partial charge in [-0.05, 0) is 36.8 Å². The van der Waals surface area contributed by atoms with E-state index in [1.807, 2.05) is 53.6 Å². The molecule has 122 valence electrons. The first kappa shape index (κ1) is 16.4. The predicted octanol–water partition coefficient (Wildman–Crippen LogP) is 3.92. The molecular formula is C18H21NO2S2. The molecule has 1 saturated heterocycles. The third-order valence-electron chi connectivity index (χ3n) is 4.37. The summed E-state index contributed by atoms with van der Waals surface area (Å²) in [5.41, 5.74) is 1.02. The van der Waals surface area contributed by atoms with Gasteiger partial charge < -0.3 is 4.90 Å². The Bertz CT molecular complexity index is 670. The average Bonchev–Trinajstić information content (AvgIpc) is 3.25. The quantitative estimate of drug-likeness (QED) is 0.822. The fourth-order valence-corrected chi connectivity index (χ4v) is 5.04. The summed E-state index contributed by atoms with van der Waals surface area (Å²) in [6, 6.07) is 14.1. The first-order chi connectivity index (χ1) is 11.2. The SMILES string of the molecule is CC(c1ccccc1)S(=O)CC(=O)N1CCCC1c1cccs1. The van der Waals surface area contributed by atoms with Crippen LogP contribution < -0.4 is 0 Å². The van der Waals surface area contributed by atoms with Gasteiger partial charge in [0.05, 0.1) is 11.3 Å². The van der Waals surface area contributed by atoms with Crippen LogP contribution in [0.2, 0.25) is 0 Å². The van der Waals surface area contributed by atoms with Crippen molar-refractivity contribution in [3.63, 3.8) is 0 Å². The molecule has 3 atom stereocenters. The van der Waals surface area contributed by atoms with Gasteiger partial charge in [0.1, 0.15) is 5.75 Å². The molecule has 1 fully saturated rings. The largest absolute Gasteiger partial charge is 0.334 e. The smallest absolute Gasteiger partial charge is 0.235 e. The van der Waals surface area contributed by atoms with Crippen LogP contribution in [0.4, 0.5) is 0 Å². The van der Waals surface area contributed by atoms with Gasteiger partial charge in [0.2, 0.25) is 5.91 Å². The van der Waals surface area contributed by atoms with E-state index in [2.05, 4.69) is 6.07 Å². The zero-order valence-electron chi connectivity index (χ0n) is 13.2. The van der Waals surface area contributed by atoms with Crippen LogP contribution in [-0.4, -0.2) is 27.3 Å². The number of benzene rings is 1. The third kappa shape index (κ3) is 3.72. The molecule has 23 heavy (non-hydrogen) atoms. The molecule has 2 aromatic rings. The van der Waals surface area contributed by atoms with Gasteiger partial charge in [0.25, 0.3) is 0 Å². The monoisotopic (exact) mass is 347 g/mol. The minimum atomic E-state index is -1.19. The van der Waals surface area contributed by atoms with Crippen molar-refractivity contribution in [2.75, 3.05) is 12.3 Å². The van der Waals surface area contributed by atoms with Crippen LogP contribution in [0.1, 0.15) is 41.5 Å². The number of hydrogen-bond acceptors (Lipinski definition) is 3. The highest BCUT2D eigenvalue weighted by molar-refractivity contribution is 7.86. The van der Waals surface area contributed by atoms with E-state index in [1.54, 1.807) is 11.3 Å². The Hall–Kier alpha value is -1.46. The Morgan fingerprint density at radius 2 is 2.09 bits per heavy atom. The maximum absolute atomic E-state index is 12.6. The molecular weight excluding hydrogens is 326 g/mol. The van der Waals surface area contributed by atoms with E-state index in [0.29, 0.717) is 0 Å². The van der Waals surface area contributed by atoms with E-state index >= 15 is 0 Å². The lowest BCUT2D eigenvalue weighted by Gasteiger charge is -2.24. The molecule has 1 aromatic heterocycles. The second-order valence-electron chi connectivity index (χ2n) is 5.84. The van der Waals surface area contributed by atoms with Gasteiger partial charge in [-0.1, -0.05) is 36.4 Å². The van der Waals surface area contributed by atoms with E-state index in [4.69, 9.17) is 0 Å². The lowest BCUT2D eigenvalue weighted by molar-refractivity contribution is -0.129. The third-order valence-corrected chi connectivity index (χ3v) is 6.94. The molecule has 1 aliphatic rings. The minimum absolute atomic E-state index is 0.0158. The van der Waals surface area contributed by atoms with Crippen LogP contribution in [0.3, 0.4) is 0 Å². The second-order valence-corrected chi connectivity index (χ2v) is 8.58. The van der Waals surface area contributed by atoms with Crippen molar-refractivity contribution in [3.8, 4) is 0 Å². The number of thiophene rings is 1. The molecule has 0 aliphatic carbocycles. The van der Waals surface area contributed by atoms with Crippen LogP contribution in [0.15, 0.2) is 47.8 Å². The molecule has 1 amide bonds. The molecule has 0 radical (unpaired) electrons. The summed E-state index contributed by atoms with van der Waals surface area (Å²) in [5.74, 6) is 0.125. The Morgan fingerprint density at radius 3 is 2.78 bits per heavy atom. The Balaban J connectivity index is 1.65. The maximum Gasteiger partial charge on any atom is 0.235 e. The number of likely N-dealkylation sites (tertiary alicyclic amines) is 1. The summed E-state index contributed by atoms with van der Waals surface area (Å²) in [6.45, 7) is 2.71. The zero-order chi connectivity index (χ0) is 16.2. The maximum atomic E-state index is 12.6. The Kier molecular flexibility index (Phi) is 5.28. The number of amides is 1. The topological polar surface area (TPSA) is 37.4 Å². The molecule has 3 rings (SSSR count). The number of nitrogens with zero attached hydrogens (tertiary/aromatic N) is 1. The van der Waals surface area contributed by atoms with E-state index in [-0.39, 0.29) is 23.0 Å². The van der Waals surface area contributed by atoms with Gasteiger partial charge in [0.15, 0.2) is 0 Å². The van der Waals surface area contributed by atoms with Crippen molar-refractivity contribution < 1.29 is 9.00 Å². The number of carbonyl (C=O) groups is 1. The lowest BCUT2D eigenvalue weighted by Crippen LogP contribution is -2.34. The summed E-state index contributed by atoms with van der Waals surface area (Å²) in [6.07, 6.45) is 2.03. The fraction of sp³-hybridized carbons (Fsp3) is 0.389. The molecule has 5 heteroatoms. The van der Waals surface area contributed by atoms with Crippen molar-refractivity contribution in [2.24, 2.45) is 0 Å². The number of carbonyl (C=O) groups excluding carboxylic acids is 1. The molecule has 0 bridgehead atoms. The minimum Gasteiger partial charge on any atom is -0.334 e. The van der Waals surface area contributed by atoms with E-state index in [0.717, 1.165) is 24.9 Å². The predicted molar refractivity (Wildman–Crippen MR) is 95.9 cm³/mol. The van der Waals surface area contributed by atoms with Crippen LogP contribution >= 0.6 is 11.3 Å². The highest BCUT2D eigenvalue weighted by atomic mass is 32.2.